The summed E-state index contributed by atoms with van der Waals surface area (Å²) in [5, 5.41) is -0.203. The number of aromatic nitrogens is 2. The van der Waals surface area contributed by atoms with E-state index >= 15 is 0 Å². The molecular formula is C23H29FN2O6Si. The maximum absolute atomic E-state index is 14.3. The second kappa shape index (κ2) is 9.28. The quantitative estimate of drug-likeness (QED) is 0.470. The van der Waals surface area contributed by atoms with Gasteiger partial charge in [-0.05, 0) is 30.3 Å². The summed E-state index contributed by atoms with van der Waals surface area (Å²) in [6, 6.07) is 8.91. The average Bonchev–Trinajstić information content (AvgIpc) is 3.10. The second-order valence-corrected chi connectivity index (χ2v) is 14.4. The van der Waals surface area contributed by atoms with Gasteiger partial charge in [0.05, 0.1) is 18.7 Å². The molecule has 0 spiro atoms. The van der Waals surface area contributed by atoms with Gasteiger partial charge in [-0.3, -0.25) is 18.5 Å². The third-order valence-electron chi connectivity index (χ3n) is 6.47. The minimum atomic E-state index is -2.41. The zero-order valence-corrected chi connectivity index (χ0v) is 20.4. The van der Waals surface area contributed by atoms with E-state index in [0.29, 0.717) is 10.9 Å². The van der Waals surface area contributed by atoms with Crippen LogP contribution in [0, 0.1) is 5.92 Å². The Morgan fingerprint density at radius 2 is 1.82 bits per heavy atom. The molecule has 1 aromatic heterocycles. The number of carbonyl (C=O) groups is 2. The van der Waals surface area contributed by atoms with Gasteiger partial charge in [0, 0.05) is 17.8 Å². The number of rotatable bonds is 6. The first-order chi connectivity index (χ1) is 15.4. The van der Waals surface area contributed by atoms with Crippen molar-refractivity contribution in [2.24, 2.45) is 5.92 Å². The summed E-state index contributed by atoms with van der Waals surface area (Å²) in [6.45, 7) is 9.07. The number of hydrogen-bond acceptors (Lipinski definition) is 6. The molecule has 4 unspecified atom stereocenters. The Morgan fingerprint density at radius 1 is 1.18 bits per heavy atom. The first-order valence-electron chi connectivity index (χ1n) is 10.7. The smallest absolute Gasteiger partial charge is 0.340 e. The minimum Gasteiger partial charge on any atom is -0.410 e. The molecule has 0 bridgehead atoms. The molecule has 0 aliphatic carbocycles. The Bertz CT molecular complexity index is 1140. The van der Waals surface area contributed by atoms with Crippen LogP contribution in [0.4, 0.5) is 4.39 Å². The van der Waals surface area contributed by atoms with Gasteiger partial charge < -0.3 is 14.0 Å². The fourth-order valence-corrected chi connectivity index (χ4v) is 4.89. The average molecular weight is 477 g/mol. The third-order valence-corrected chi connectivity index (χ3v) is 10.9. The van der Waals surface area contributed by atoms with Crippen LogP contribution >= 0.6 is 0 Å². The predicted molar refractivity (Wildman–Crippen MR) is 123 cm³/mol. The van der Waals surface area contributed by atoms with E-state index in [4.69, 9.17) is 9.16 Å². The van der Waals surface area contributed by atoms with Crippen molar-refractivity contribution in [2.45, 2.75) is 57.3 Å². The van der Waals surface area contributed by atoms with Crippen LogP contribution in [-0.4, -0.2) is 48.5 Å². The molecule has 1 aromatic carbocycles. The number of carbonyl (C=O) groups excluding carboxylic acids is 2. The van der Waals surface area contributed by atoms with Crippen LogP contribution in [0.3, 0.4) is 0 Å². The lowest BCUT2D eigenvalue weighted by atomic mass is 10.0. The van der Waals surface area contributed by atoms with E-state index in [1.807, 2.05) is 33.9 Å². The maximum Gasteiger partial charge on any atom is 0.340 e. The molecule has 1 fully saturated rings. The zero-order chi connectivity index (χ0) is 24.6. The van der Waals surface area contributed by atoms with E-state index in [1.165, 1.54) is 12.1 Å². The van der Waals surface area contributed by atoms with E-state index in [2.05, 4.69) is 0 Å². The number of aldehydes is 1. The number of nitrogens with zero attached hydrogens (tertiary/aromatic N) is 2. The second-order valence-electron chi connectivity index (χ2n) is 9.64. The standard InChI is InChI=1S/C23H29FN2O6Si/c1-23(2,3)33(4,5)32-19-16(13-24)21(31-17(19)14-27)25-12-11-18(28)26(22(25)30)20(29)15-9-7-6-8-10-15/h6-12,14,16-17,19,21H,13H2,1-5H3. The van der Waals surface area contributed by atoms with Crippen LogP contribution in [0.25, 0.3) is 0 Å². The highest BCUT2D eigenvalue weighted by Crippen LogP contribution is 2.43. The van der Waals surface area contributed by atoms with Crippen molar-refractivity contribution in [1.82, 2.24) is 9.13 Å². The maximum atomic E-state index is 14.3. The van der Waals surface area contributed by atoms with Gasteiger partial charge in [0.2, 0.25) is 0 Å². The van der Waals surface area contributed by atoms with Crippen molar-refractivity contribution >= 4 is 20.5 Å². The molecule has 2 heterocycles. The van der Waals surface area contributed by atoms with Gasteiger partial charge in [-0.25, -0.2) is 4.79 Å². The number of alkyl halides is 1. The number of hydrogen-bond donors (Lipinski definition) is 0. The zero-order valence-electron chi connectivity index (χ0n) is 19.4. The Morgan fingerprint density at radius 3 is 2.36 bits per heavy atom. The molecule has 1 aliphatic rings. The lowest BCUT2D eigenvalue weighted by Crippen LogP contribution is -2.49. The summed E-state index contributed by atoms with van der Waals surface area (Å²) < 4.78 is 27.8. The highest BCUT2D eigenvalue weighted by Gasteiger charge is 2.51. The van der Waals surface area contributed by atoms with E-state index in [1.54, 1.807) is 18.2 Å². The van der Waals surface area contributed by atoms with Gasteiger partial charge in [0.1, 0.15) is 12.3 Å². The van der Waals surface area contributed by atoms with Crippen molar-refractivity contribution in [3.8, 4) is 0 Å². The lowest BCUT2D eigenvalue weighted by Gasteiger charge is -2.40. The van der Waals surface area contributed by atoms with Gasteiger partial charge >= 0.3 is 5.69 Å². The van der Waals surface area contributed by atoms with Crippen molar-refractivity contribution < 1.29 is 23.1 Å². The van der Waals surface area contributed by atoms with Crippen LogP contribution in [-0.2, 0) is 14.0 Å². The SMILES string of the molecule is CC(C)(C)[Si](C)(C)OC1C(C=O)OC(n2ccc(=O)n(C(=O)c3ccccc3)c2=O)C1CF. The first kappa shape index (κ1) is 24.9. The Labute approximate surface area is 192 Å². The van der Waals surface area contributed by atoms with Crippen molar-refractivity contribution in [1.29, 1.82) is 0 Å². The van der Waals surface area contributed by atoms with E-state index in [9.17, 15) is 23.6 Å². The van der Waals surface area contributed by atoms with Crippen LogP contribution < -0.4 is 11.2 Å². The Kier molecular flexibility index (Phi) is 7.01. The number of halogens is 1. The highest BCUT2D eigenvalue weighted by atomic mass is 28.4. The predicted octanol–water partition coefficient (Wildman–Crippen LogP) is 2.77. The van der Waals surface area contributed by atoms with Crippen LogP contribution in [0.5, 0.6) is 0 Å². The fraction of sp³-hybridized carbons (Fsp3) is 0.478. The van der Waals surface area contributed by atoms with Crippen molar-refractivity contribution in [2.75, 3.05) is 6.67 Å². The molecule has 8 nitrogen and oxygen atoms in total. The molecule has 3 rings (SSSR count). The molecular weight excluding hydrogens is 447 g/mol. The molecule has 1 aliphatic heterocycles. The first-order valence-corrected chi connectivity index (χ1v) is 13.6. The molecule has 1 saturated heterocycles. The van der Waals surface area contributed by atoms with Gasteiger partial charge in [-0.2, -0.15) is 4.57 Å². The van der Waals surface area contributed by atoms with Crippen molar-refractivity contribution in [3.63, 3.8) is 0 Å². The summed E-state index contributed by atoms with van der Waals surface area (Å²) in [5.41, 5.74) is -1.65. The summed E-state index contributed by atoms with van der Waals surface area (Å²) in [5.74, 6) is -1.79. The molecule has 0 saturated carbocycles. The van der Waals surface area contributed by atoms with Gasteiger partial charge in [-0.15, -0.1) is 0 Å². The summed E-state index contributed by atoms with van der Waals surface area (Å²) in [4.78, 5) is 50.2. The van der Waals surface area contributed by atoms with Crippen LogP contribution in [0.1, 0.15) is 37.4 Å². The van der Waals surface area contributed by atoms with Crippen molar-refractivity contribution in [3.05, 3.63) is 69.0 Å². The van der Waals surface area contributed by atoms with E-state index < -0.39 is 56.5 Å². The molecule has 4 atom stereocenters. The summed E-state index contributed by atoms with van der Waals surface area (Å²) in [6.07, 6.45) is -1.53. The van der Waals surface area contributed by atoms with Crippen LogP contribution in [0.15, 0.2) is 52.2 Å². The fourth-order valence-electron chi connectivity index (χ4n) is 3.54. The van der Waals surface area contributed by atoms with Gasteiger partial charge in [0.25, 0.3) is 11.5 Å². The molecule has 33 heavy (non-hydrogen) atoms. The molecule has 2 aromatic rings. The normalized spacial score (nSPS) is 23.5. The topological polar surface area (TPSA) is 96.6 Å². The Hall–Kier alpha value is -2.69. The number of ether oxygens (including phenoxy) is 1. The highest BCUT2D eigenvalue weighted by molar-refractivity contribution is 6.74. The molecule has 0 amide bonds. The Balaban J connectivity index is 2.04. The molecule has 10 heteroatoms. The molecule has 0 radical (unpaired) electrons. The van der Waals surface area contributed by atoms with Gasteiger partial charge in [-0.1, -0.05) is 39.0 Å². The minimum absolute atomic E-state index is 0.147. The summed E-state index contributed by atoms with van der Waals surface area (Å²) in [7, 11) is -2.41. The lowest BCUT2D eigenvalue weighted by molar-refractivity contribution is -0.122. The summed E-state index contributed by atoms with van der Waals surface area (Å²) >= 11 is 0. The monoisotopic (exact) mass is 476 g/mol. The van der Waals surface area contributed by atoms with Gasteiger partial charge in [0.15, 0.2) is 14.6 Å². The molecule has 0 N–H and O–H groups in total. The van der Waals surface area contributed by atoms with E-state index in [-0.39, 0.29) is 10.6 Å². The third kappa shape index (κ3) is 4.68. The van der Waals surface area contributed by atoms with E-state index in [0.717, 1.165) is 16.8 Å². The number of benzene rings is 1. The van der Waals surface area contributed by atoms with Crippen LogP contribution in [0.2, 0.25) is 18.1 Å². The molecule has 178 valence electrons. The largest absolute Gasteiger partial charge is 0.410 e.